The normalized spacial score (nSPS) is 10.8. The summed E-state index contributed by atoms with van der Waals surface area (Å²) < 4.78 is 18.3. The van der Waals surface area contributed by atoms with E-state index < -0.39 is 5.97 Å². The Bertz CT molecular complexity index is 819. The van der Waals surface area contributed by atoms with Gasteiger partial charge in [-0.1, -0.05) is 6.07 Å². The van der Waals surface area contributed by atoms with Gasteiger partial charge in [0, 0.05) is 5.56 Å². The molecular formula is C16H13FN2O2. The lowest BCUT2D eigenvalue weighted by molar-refractivity contribution is 0.0603. The molecule has 0 spiro atoms. The number of aromatic nitrogens is 2. The molecule has 5 heteroatoms. The molecule has 0 aliphatic heterocycles. The molecule has 0 aliphatic carbocycles. The molecule has 4 nitrogen and oxygen atoms in total. The fourth-order valence-electron chi connectivity index (χ4n) is 2.32. The van der Waals surface area contributed by atoms with E-state index >= 15 is 0 Å². The summed E-state index contributed by atoms with van der Waals surface area (Å²) in [6, 6.07) is 9.89. The van der Waals surface area contributed by atoms with Crippen LogP contribution in [0.4, 0.5) is 4.39 Å². The Labute approximate surface area is 120 Å². The second kappa shape index (κ2) is 5.01. The monoisotopic (exact) mass is 284 g/mol. The third-order valence-corrected chi connectivity index (χ3v) is 3.23. The van der Waals surface area contributed by atoms with E-state index in [1.807, 2.05) is 19.1 Å². The number of halogens is 1. The molecule has 21 heavy (non-hydrogen) atoms. The van der Waals surface area contributed by atoms with Crippen molar-refractivity contribution in [3.05, 3.63) is 53.3 Å². The van der Waals surface area contributed by atoms with E-state index in [0.29, 0.717) is 28.0 Å². The van der Waals surface area contributed by atoms with Gasteiger partial charge in [0.15, 0.2) is 0 Å². The Morgan fingerprint density at radius 1 is 1.29 bits per heavy atom. The minimum absolute atomic E-state index is 0.321. The molecule has 0 atom stereocenters. The van der Waals surface area contributed by atoms with Crippen LogP contribution in [0.5, 0.6) is 0 Å². The maximum Gasteiger partial charge on any atom is 0.340 e. The van der Waals surface area contributed by atoms with Gasteiger partial charge >= 0.3 is 5.97 Å². The number of benzene rings is 2. The summed E-state index contributed by atoms with van der Waals surface area (Å²) in [5.41, 5.74) is 3.04. The lowest BCUT2D eigenvalue weighted by Crippen LogP contribution is -2.01. The molecule has 0 amide bonds. The zero-order valence-electron chi connectivity index (χ0n) is 11.6. The van der Waals surface area contributed by atoms with Gasteiger partial charge in [-0.25, -0.2) is 14.2 Å². The molecule has 0 saturated carbocycles. The number of H-pyrrole nitrogens is 1. The van der Waals surface area contributed by atoms with Crippen LogP contribution in [0.25, 0.3) is 22.4 Å². The number of nitrogens with one attached hydrogen (secondary N) is 1. The predicted molar refractivity (Wildman–Crippen MR) is 77.6 cm³/mol. The third kappa shape index (κ3) is 2.38. The minimum atomic E-state index is -0.450. The summed E-state index contributed by atoms with van der Waals surface area (Å²) >= 11 is 0. The smallest absolute Gasteiger partial charge is 0.340 e. The summed E-state index contributed by atoms with van der Waals surface area (Å²) in [5.74, 6) is -0.253. The van der Waals surface area contributed by atoms with Crippen LogP contribution in [0.2, 0.25) is 0 Å². The number of hydrogen-bond donors (Lipinski definition) is 1. The van der Waals surface area contributed by atoms with Crippen molar-refractivity contribution in [1.29, 1.82) is 0 Å². The molecule has 3 rings (SSSR count). The summed E-state index contributed by atoms with van der Waals surface area (Å²) in [7, 11) is 1.32. The van der Waals surface area contributed by atoms with Gasteiger partial charge in [-0.3, -0.25) is 0 Å². The van der Waals surface area contributed by atoms with E-state index in [1.165, 1.54) is 19.2 Å². The average Bonchev–Trinajstić information content (AvgIpc) is 2.89. The number of methoxy groups -OCH3 is 1. The second-order valence-electron chi connectivity index (χ2n) is 4.80. The van der Waals surface area contributed by atoms with Crippen LogP contribution in [0, 0.1) is 12.7 Å². The van der Waals surface area contributed by atoms with Crippen molar-refractivity contribution in [2.75, 3.05) is 7.11 Å². The second-order valence-corrected chi connectivity index (χ2v) is 4.80. The highest BCUT2D eigenvalue weighted by Crippen LogP contribution is 2.24. The standard InChI is InChI=1S/C16H13FN2O2/c1-9-6-10(8-11(17)7-9)15-18-13-5-3-4-12(14(13)19-15)16(20)21-2/h3-8H,1-2H3,(H,18,19). The Morgan fingerprint density at radius 2 is 2.10 bits per heavy atom. The van der Waals surface area contributed by atoms with Crippen molar-refractivity contribution >= 4 is 17.0 Å². The maximum atomic E-state index is 13.5. The first-order valence-corrected chi connectivity index (χ1v) is 6.43. The summed E-state index contributed by atoms with van der Waals surface area (Å²) in [6.07, 6.45) is 0. The largest absolute Gasteiger partial charge is 0.465 e. The van der Waals surface area contributed by atoms with Crippen LogP contribution in [0.1, 0.15) is 15.9 Å². The quantitative estimate of drug-likeness (QED) is 0.733. The van der Waals surface area contributed by atoms with Gasteiger partial charge in [0.2, 0.25) is 0 Å². The number of fused-ring (bicyclic) bond motifs is 1. The summed E-state index contributed by atoms with van der Waals surface area (Å²) in [4.78, 5) is 19.3. The van der Waals surface area contributed by atoms with Crippen molar-refractivity contribution in [3.63, 3.8) is 0 Å². The molecule has 2 aromatic carbocycles. The molecule has 0 unspecified atom stereocenters. The topological polar surface area (TPSA) is 55.0 Å². The van der Waals surface area contributed by atoms with Crippen LogP contribution < -0.4 is 0 Å². The Morgan fingerprint density at radius 3 is 2.81 bits per heavy atom. The molecule has 0 radical (unpaired) electrons. The number of carbonyl (C=O) groups is 1. The molecule has 3 aromatic rings. The van der Waals surface area contributed by atoms with Crippen molar-refractivity contribution < 1.29 is 13.9 Å². The maximum absolute atomic E-state index is 13.5. The Kier molecular flexibility index (Phi) is 3.17. The Balaban J connectivity index is 2.19. The highest BCUT2D eigenvalue weighted by Gasteiger charge is 2.15. The predicted octanol–water partition coefficient (Wildman–Crippen LogP) is 3.46. The van der Waals surface area contributed by atoms with Crippen molar-refractivity contribution in [3.8, 4) is 11.4 Å². The molecule has 1 aromatic heterocycles. The molecule has 0 bridgehead atoms. The third-order valence-electron chi connectivity index (χ3n) is 3.23. The van der Waals surface area contributed by atoms with Gasteiger partial charge in [-0.05, 0) is 42.8 Å². The molecule has 0 saturated heterocycles. The number of nitrogens with zero attached hydrogens (tertiary/aromatic N) is 1. The molecule has 106 valence electrons. The number of rotatable bonds is 2. The van der Waals surface area contributed by atoms with Gasteiger partial charge in [0.05, 0.1) is 18.2 Å². The zero-order chi connectivity index (χ0) is 15.0. The Hall–Kier alpha value is -2.69. The average molecular weight is 284 g/mol. The molecule has 0 fully saturated rings. The number of aryl methyl sites for hydroxylation is 1. The van der Waals surface area contributed by atoms with Crippen molar-refractivity contribution in [2.24, 2.45) is 0 Å². The van der Waals surface area contributed by atoms with E-state index in [1.54, 1.807) is 12.1 Å². The van der Waals surface area contributed by atoms with E-state index in [-0.39, 0.29) is 5.82 Å². The van der Waals surface area contributed by atoms with Gasteiger partial charge < -0.3 is 9.72 Å². The first-order valence-electron chi connectivity index (χ1n) is 6.43. The van der Waals surface area contributed by atoms with Crippen LogP contribution in [-0.2, 0) is 4.74 Å². The van der Waals surface area contributed by atoms with Gasteiger partial charge in [0.1, 0.15) is 17.2 Å². The van der Waals surface area contributed by atoms with Crippen molar-refractivity contribution in [2.45, 2.75) is 6.92 Å². The molecule has 1 N–H and O–H groups in total. The lowest BCUT2D eigenvalue weighted by atomic mass is 10.1. The van der Waals surface area contributed by atoms with Gasteiger partial charge in [0.25, 0.3) is 0 Å². The van der Waals surface area contributed by atoms with Crippen LogP contribution >= 0.6 is 0 Å². The SMILES string of the molecule is COC(=O)c1cccc2[nH]c(-c3cc(C)cc(F)c3)nc12. The van der Waals surface area contributed by atoms with Gasteiger partial charge in [-0.2, -0.15) is 0 Å². The lowest BCUT2D eigenvalue weighted by Gasteiger charge is -1.99. The minimum Gasteiger partial charge on any atom is -0.465 e. The number of hydrogen-bond acceptors (Lipinski definition) is 3. The highest BCUT2D eigenvalue weighted by atomic mass is 19.1. The van der Waals surface area contributed by atoms with E-state index in [2.05, 4.69) is 9.97 Å². The molecule has 0 aliphatic rings. The van der Waals surface area contributed by atoms with Crippen LogP contribution in [-0.4, -0.2) is 23.0 Å². The number of imidazole rings is 1. The number of aromatic amines is 1. The summed E-state index contributed by atoms with van der Waals surface area (Å²) in [5, 5.41) is 0. The number of carbonyl (C=O) groups excluding carboxylic acids is 1. The van der Waals surface area contributed by atoms with E-state index in [0.717, 1.165) is 5.56 Å². The zero-order valence-corrected chi connectivity index (χ0v) is 11.6. The van der Waals surface area contributed by atoms with E-state index in [9.17, 15) is 9.18 Å². The fraction of sp³-hybridized carbons (Fsp3) is 0.125. The first-order chi connectivity index (χ1) is 10.1. The number of ether oxygens (including phenoxy) is 1. The summed E-state index contributed by atoms with van der Waals surface area (Å²) in [6.45, 7) is 1.81. The van der Waals surface area contributed by atoms with Gasteiger partial charge in [-0.15, -0.1) is 0 Å². The number of esters is 1. The highest BCUT2D eigenvalue weighted by molar-refractivity contribution is 6.02. The van der Waals surface area contributed by atoms with Crippen LogP contribution in [0.15, 0.2) is 36.4 Å². The van der Waals surface area contributed by atoms with Crippen LogP contribution in [0.3, 0.4) is 0 Å². The fourth-order valence-corrected chi connectivity index (χ4v) is 2.32. The van der Waals surface area contributed by atoms with E-state index in [4.69, 9.17) is 4.74 Å². The number of para-hydroxylation sites is 1. The molecule has 1 heterocycles. The van der Waals surface area contributed by atoms with Crippen molar-refractivity contribution in [1.82, 2.24) is 9.97 Å². The molecular weight excluding hydrogens is 271 g/mol. The first kappa shape index (κ1) is 13.3.